The Morgan fingerprint density at radius 1 is 1.21 bits per heavy atom. The highest BCUT2D eigenvalue weighted by Crippen LogP contribution is 2.29. The van der Waals surface area contributed by atoms with Crippen LogP contribution in [0.25, 0.3) is 0 Å². The molecule has 1 rings (SSSR count). The Labute approximate surface area is 110 Å². The van der Waals surface area contributed by atoms with E-state index in [0.29, 0.717) is 12.1 Å². The second-order valence-corrected chi connectivity index (χ2v) is 4.22. The number of benzene rings is 1. The van der Waals surface area contributed by atoms with Gasteiger partial charge in [-0.15, -0.1) is 0 Å². The van der Waals surface area contributed by atoms with Gasteiger partial charge in [-0.3, -0.25) is 4.79 Å². The maximum Gasteiger partial charge on any atom is 0.390 e. The van der Waals surface area contributed by atoms with Gasteiger partial charge in [0.2, 0.25) is 5.91 Å². The largest absolute Gasteiger partial charge is 0.390 e. The minimum atomic E-state index is -4.23. The molecule has 0 radical (unpaired) electrons. The van der Waals surface area contributed by atoms with Crippen molar-refractivity contribution in [2.24, 2.45) is 0 Å². The topological polar surface area (TPSA) is 41.1 Å². The highest BCUT2D eigenvalue weighted by molar-refractivity contribution is 5.72. The SMILES string of the molecule is CC(=O)NCCNC(CC(F)(F)F)c1ccccc1. The molecule has 6 heteroatoms. The first-order valence-corrected chi connectivity index (χ1v) is 5.98. The summed E-state index contributed by atoms with van der Waals surface area (Å²) in [5.74, 6) is -0.200. The van der Waals surface area contributed by atoms with Crippen molar-refractivity contribution in [3.8, 4) is 0 Å². The molecule has 1 atom stereocenters. The monoisotopic (exact) mass is 274 g/mol. The zero-order valence-corrected chi connectivity index (χ0v) is 10.6. The Morgan fingerprint density at radius 3 is 2.37 bits per heavy atom. The molecule has 1 aromatic carbocycles. The number of halogens is 3. The smallest absolute Gasteiger partial charge is 0.355 e. The molecule has 19 heavy (non-hydrogen) atoms. The molecule has 0 heterocycles. The summed E-state index contributed by atoms with van der Waals surface area (Å²) in [6.07, 6.45) is -5.17. The second kappa shape index (κ2) is 7.13. The van der Waals surface area contributed by atoms with Gasteiger partial charge in [0.05, 0.1) is 6.42 Å². The Bertz CT molecular complexity index is 393. The Kier molecular flexibility index (Phi) is 5.82. The molecule has 0 aromatic heterocycles. The van der Waals surface area contributed by atoms with Crippen molar-refractivity contribution >= 4 is 5.91 Å². The van der Waals surface area contributed by atoms with Crippen molar-refractivity contribution in [2.45, 2.75) is 25.6 Å². The van der Waals surface area contributed by atoms with Crippen LogP contribution in [0.15, 0.2) is 30.3 Å². The van der Waals surface area contributed by atoms with Crippen LogP contribution in [-0.2, 0) is 4.79 Å². The van der Waals surface area contributed by atoms with E-state index in [9.17, 15) is 18.0 Å². The van der Waals surface area contributed by atoms with Gasteiger partial charge in [-0.2, -0.15) is 13.2 Å². The Morgan fingerprint density at radius 2 is 1.84 bits per heavy atom. The van der Waals surface area contributed by atoms with Gasteiger partial charge < -0.3 is 10.6 Å². The molecule has 0 aliphatic carbocycles. The summed E-state index contributed by atoms with van der Waals surface area (Å²) in [7, 11) is 0. The number of hydrogen-bond donors (Lipinski definition) is 2. The summed E-state index contributed by atoms with van der Waals surface area (Å²) in [6, 6.07) is 7.67. The lowest BCUT2D eigenvalue weighted by atomic mass is 10.0. The number of amides is 1. The fraction of sp³-hybridized carbons (Fsp3) is 0.462. The first kappa shape index (κ1) is 15.5. The summed E-state index contributed by atoms with van der Waals surface area (Å²) in [5.41, 5.74) is 0.586. The van der Waals surface area contributed by atoms with E-state index in [1.54, 1.807) is 30.3 Å². The van der Waals surface area contributed by atoms with E-state index in [0.717, 1.165) is 0 Å². The molecule has 0 saturated heterocycles. The van der Waals surface area contributed by atoms with Gasteiger partial charge in [-0.1, -0.05) is 30.3 Å². The van der Waals surface area contributed by atoms with E-state index in [2.05, 4.69) is 10.6 Å². The van der Waals surface area contributed by atoms with Crippen molar-refractivity contribution < 1.29 is 18.0 Å². The highest BCUT2D eigenvalue weighted by Gasteiger charge is 2.32. The molecule has 1 amide bonds. The number of rotatable bonds is 6. The van der Waals surface area contributed by atoms with Crippen LogP contribution in [0.1, 0.15) is 24.9 Å². The zero-order valence-electron chi connectivity index (χ0n) is 10.6. The number of carbonyl (C=O) groups is 1. The molecule has 106 valence electrons. The van der Waals surface area contributed by atoms with Crippen molar-refractivity contribution in [2.75, 3.05) is 13.1 Å². The summed E-state index contributed by atoms with van der Waals surface area (Å²) in [5, 5.41) is 5.35. The number of nitrogens with one attached hydrogen (secondary N) is 2. The molecule has 0 saturated carbocycles. The van der Waals surface area contributed by atoms with Crippen LogP contribution in [0.3, 0.4) is 0 Å². The number of hydrogen-bond acceptors (Lipinski definition) is 2. The molecule has 0 fully saturated rings. The molecule has 2 N–H and O–H groups in total. The van der Waals surface area contributed by atoms with Crippen LogP contribution in [0, 0.1) is 0 Å². The maximum absolute atomic E-state index is 12.5. The first-order chi connectivity index (χ1) is 8.88. The van der Waals surface area contributed by atoms with Crippen LogP contribution in [0.5, 0.6) is 0 Å². The van der Waals surface area contributed by atoms with Crippen LogP contribution < -0.4 is 10.6 Å². The lowest BCUT2D eigenvalue weighted by molar-refractivity contribution is -0.140. The Hall–Kier alpha value is -1.56. The van der Waals surface area contributed by atoms with E-state index in [4.69, 9.17) is 0 Å². The van der Waals surface area contributed by atoms with Gasteiger partial charge in [0.25, 0.3) is 0 Å². The third-order valence-electron chi connectivity index (χ3n) is 2.53. The second-order valence-electron chi connectivity index (χ2n) is 4.22. The van der Waals surface area contributed by atoms with E-state index >= 15 is 0 Å². The Balaban J connectivity index is 2.58. The molecular formula is C13H17F3N2O. The molecule has 1 aromatic rings. The standard InChI is InChI=1S/C13H17F3N2O/c1-10(19)17-7-8-18-12(9-13(14,15)16)11-5-3-2-4-6-11/h2-6,12,18H,7-9H2,1H3,(H,17,19). The van der Waals surface area contributed by atoms with E-state index < -0.39 is 18.6 Å². The summed E-state index contributed by atoms with van der Waals surface area (Å²) in [6.45, 7) is 1.95. The lowest BCUT2D eigenvalue weighted by Gasteiger charge is -2.20. The van der Waals surface area contributed by atoms with Gasteiger partial charge >= 0.3 is 6.18 Å². The average Bonchev–Trinajstić information content (AvgIpc) is 2.32. The average molecular weight is 274 g/mol. The summed E-state index contributed by atoms with van der Waals surface area (Å²) in [4.78, 5) is 10.7. The van der Waals surface area contributed by atoms with Crippen LogP contribution in [0.4, 0.5) is 13.2 Å². The molecule has 0 spiro atoms. The van der Waals surface area contributed by atoms with E-state index in [1.807, 2.05) is 0 Å². The van der Waals surface area contributed by atoms with E-state index in [1.165, 1.54) is 6.92 Å². The molecule has 1 unspecified atom stereocenters. The molecule has 3 nitrogen and oxygen atoms in total. The van der Waals surface area contributed by atoms with Crippen molar-refractivity contribution in [1.29, 1.82) is 0 Å². The van der Waals surface area contributed by atoms with E-state index in [-0.39, 0.29) is 12.5 Å². The van der Waals surface area contributed by atoms with Gasteiger partial charge in [0.15, 0.2) is 0 Å². The summed E-state index contributed by atoms with van der Waals surface area (Å²) >= 11 is 0. The fourth-order valence-electron chi connectivity index (χ4n) is 1.71. The van der Waals surface area contributed by atoms with Crippen LogP contribution >= 0.6 is 0 Å². The highest BCUT2D eigenvalue weighted by atomic mass is 19.4. The van der Waals surface area contributed by atoms with Crippen LogP contribution in [0.2, 0.25) is 0 Å². The van der Waals surface area contributed by atoms with Gasteiger partial charge in [-0.25, -0.2) is 0 Å². The minimum absolute atomic E-state index is 0.200. The molecule has 0 aliphatic rings. The maximum atomic E-state index is 12.5. The zero-order chi connectivity index (χ0) is 14.3. The van der Waals surface area contributed by atoms with Gasteiger partial charge in [0, 0.05) is 26.1 Å². The lowest BCUT2D eigenvalue weighted by Crippen LogP contribution is -2.34. The molecule has 0 bridgehead atoms. The van der Waals surface area contributed by atoms with Crippen molar-refractivity contribution in [3.05, 3.63) is 35.9 Å². The predicted molar refractivity (Wildman–Crippen MR) is 66.5 cm³/mol. The summed E-state index contributed by atoms with van der Waals surface area (Å²) < 4.78 is 37.6. The first-order valence-electron chi connectivity index (χ1n) is 5.98. The van der Waals surface area contributed by atoms with Gasteiger partial charge in [0.1, 0.15) is 0 Å². The van der Waals surface area contributed by atoms with Crippen LogP contribution in [-0.4, -0.2) is 25.2 Å². The normalized spacial score (nSPS) is 13.1. The quantitative estimate of drug-likeness (QED) is 0.782. The fourth-order valence-corrected chi connectivity index (χ4v) is 1.71. The number of carbonyl (C=O) groups excluding carboxylic acids is 1. The number of alkyl halides is 3. The molecular weight excluding hydrogens is 257 g/mol. The van der Waals surface area contributed by atoms with Gasteiger partial charge in [-0.05, 0) is 5.56 Å². The third-order valence-corrected chi connectivity index (χ3v) is 2.53. The van der Waals surface area contributed by atoms with Crippen molar-refractivity contribution in [1.82, 2.24) is 10.6 Å². The third kappa shape index (κ3) is 6.81. The predicted octanol–water partition coefficient (Wildman–Crippen LogP) is 2.41. The van der Waals surface area contributed by atoms with Crippen molar-refractivity contribution in [3.63, 3.8) is 0 Å². The minimum Gasteiger partial charge on any atom is -0.355 e. The molecule has 0 aliphatic heterocycles.